The molecule has 0 saturated carbocycles. The number of rotatable bonds is 4. The number of aliphatic hydroxyl groups is 3. The van der Waals surface area contributed by atoms with E-state index in [2.05, 4.69) is 0 Å². The van der Waals surface area contributed by atoms with Crippen LogP contribution < -0.4 is 4.74 Å². The highest BCUT2D eigenvalue weighted by molar-refractivity contribution is 6.31. The summed E-state index contributed by atoms with van der Waals surface area (Å²) in [4.78, 5) is 0. The molecule has 3 rings (SSSR count). The van der Waals surface area contributed by atoms with Crippen molar-refractivity contribution in [3.05, 3.63) is 64.2 Å². The van der Waals surface area contributed by atoms with Gasteiger partial charge in [-0.1, -0.05) is 35.9 Å². The lowest BCUT2D eigenvalue weighted by Gasteiger charge is -2.39. The van der Waals surface area contributed by atoms with Crippen LogP contribution in [0.5, 0.6) is 5.75 Å². The van der Waals surface area contributed by atoms with E-state index in [9.17, 15) is 15.3 Å². The summed E-state index contributed by atoms with van der Waals surface area (Å²) in [5.41, 5.74) is 2.67. The van der Waals surface area contributed by atoms with E-state index < -0.39 is 30.5 Å². The molecule has 26 heavy (non-hydrogen) atoms. The predicted octanol–water partition coefficient (Wildman–Crippen LogP) is 2.48. The molecule has 0 aliphatic carbocycles. The van der Waals surface area contributed by atoms with Gasteiger partial charge in [-0.2, -0.15) is 0 Å². The van der Waals surface area contributed by atoms with Gasteiger partial charge in [0, 0.05) is 5.02 Å². The first kappa shape index (κ1) is 19.1. The van der Waals surface area contributed by atoms with Gasteiger partial charge >= 0.3 is 0 Å². The minimum atomic E-state index is -1.26. The molecule has 5 nitrogen and oxygen atoms in total. The predicted molar refractivity (Wildman–Crippen MR) is 98.6 cm³/mol. The van der Waals surface area contributed by atoms with Crippen LogP contribution >= 0.6 is 11.6 Å². The molecule has 2 aromatic carbocycles. The molecule has 0 amide bonds. The number of hydrogen-bond acceptors (Lipinski definition) is 5. The van der Waals surface area contributed by atoms with Crippen molar-refractivity contribution in [3.8, 4) is 5.75 Å². The summed E-state index contributed by atoms with van der Waals surface area (Å²) in [5, 5.41) is 30.8. The molecule has 5 unspecified atom stereocenters. The molecule has 1 saturated heterocycles. The molecule has 0 aromatic heterocycles. The highest BCUT2D eigenvalue weighted by Gasteiger charge is 2.42. The van der Waals surface area contributed by atoms with Gasteiger partial charge in [-0.05, 0) is 48.2 Å². The number of benzene rings is 2. The molecule has 1 fully saturated rings. The summed E-state index contributed by atoms with van der Waals surface area (Å²) in [6, 6.07) is 13.1. The minimum absolute atomic E-state index is 0.584. The fourth-order valence-corrected chi connectivity index (χ4v) is 3.38. The molecular weight excluding hydrogens is 356 g/mol. The van der Waals surface area contributed by atoms with Gasteiger partial charge in [0.2, 0.25) is 0 Å². The quantitative estimate of drug-likeness (QED) is 0.761. The third kappa shape index (κ3) is 3.87. The average molecular weight is 379 g/mol. The maximum Gasteiger partial charge on any atom is 0.118 e. The molecule has 1 aliphatic heterocycles. The van der Waals surface area contributed by atoms with Crippen molar-refractivity contribution in [2.75, 3.05) is 7.11 Å². The second kappa shape index (κ2) is 7.94. The Bertz CT molecular complexity index is 748. The molecule has 2 aromatic rings. The third-order valence-corrected chi connectivity index (χ3v) is 5.17. The van der Waals surface area contributed by atoms with Crippen molar-refractivity contribution >= 4 is 11.6 Å². The standard InChI is InChI=1S/C20H23ClO5/c1-11-17(22)18(23)19(24)20(26-11)13-5-8-16(21)14(10-13)9-12-3-6-15(25-2)7-4-12/h3-8,10-11,17-20,22-24H,9H2,1-2H3. The fraction of sp³-hybridized carbons (Fsp3) is 0.400. The van der Waals surface area contributed by atoms with Gasteiger partial charge in [-0.25, -0.2) is 0 Å². The Hall–Kier alpha value is -1.63. The Morgan fingerprint density at radius 1 is 1.00 bits per heavy atom. The maximum atomic E-state index is 10.3. The first-order valence-corrected chi connectivity index (χ1v) is 8.89. The van der Waals surface area contributed by atoms with Crippen LogP contribution in [0.3, 0.4) is 0 Å². The average Bonchev–Trinajstić information content (AvgIpc) is 2.65. The van der Waals surface area contributed by atoms with Crippen molar-refractivity contribution < 1.29 is 24.8 Å². The molecule has 0 spiro atoms. The Kier molecular flexibility index (Phi) is 5.85. The second-order valence-corrected chi connectivity index (χ2v) is 7.02. The number of aliphatic hydroxyl groups excluding tert-OH is 3. The van der Waals surface area contributed by atoms with Gasteiger partial charge in [0.1, 0.15) is 30.2 Å². The Labute approximate surface area is 157 Å². The van der Waals surface area contributed by atoms with Gasteiger partial charge in [-0.3, -0.25) is 0 Å². The first-order valence-electron chi connectivity index (χ1n) is 8.51. The SMILES string of the molecule is COc1ccc(Cc2cc(C3OC(C)C(O)C(O)C3O)ccc2Cl)cc1. The molecule has 5 atom stereocenters. The molecular formula is C20H23ClO5. The van der Waals surface area contributed by atoms with Crippen LogP contribution in [0, 0.1) is 0 Å². The lowest BCUT2D eigenvalue weighted by molar-refractivity contribution is -0.219. The van der Waals surface area contributed by atoms with Crippen LogP contribution in [-0.2, 0) is 11.2 Å². The topological polar surface area (TPSA) is 79.2 Å². The van der Waals surface area contributed by atoms with Crippen molar-refractivity contribution in [2.24, 2.45) is 0 Å². The van der Waals surface area contributed by atoms with Crippen LogP contribution in [0.15, 0.2) is 42.5 Å². The molecule has 0 radical (unpaired) electrons. The van der Waals surface area contributed by atoms with Crippen molar-refractivity contribution in [2.45, 2.75) is 43.9 Å². The Morgan fingerprint density at radius 3 is 2.35 bits per heavy atom. The minimum Gasteiger partial charge on any atom is -0.497 e. The summed E-state index contributed by atoms with van der Waals surface area (Å²) in [5.74, 6) is 0.786. The van der Waals surface area contributed by atoms with Crippen molar-refractivity contribution in [1.29, 1.82) is 0 Å². The molecule has 0 bridgehead atoms. The highest BCUT2D eigenvalue weighted by atomic mass is 35.5. The molecule has 3 N–H and O–H groups in total. The van der Waals surface area contributed by atoms with Crippen LogP contribution in [0.1, 0.15) is 29.7 Å². The summed E-state index contributed by atoms with van der Waals surface area (Å²) in [6.07, 6.45) is -4.29. The normalized spacial score (nSPS) is 28.8. The maximum absolute atomic E-state index is 10.3. The van der Waals surface area contributed by atoms with Crippen molar-refractivity contribution in [3.63, 3.8) is 0 Å². The summed E-state index contributed by atoms with van der Waals surface area (Å²) >= 11 is 6.34. The van der Waals surface area contributed by atoms with Crippen molar-refractivity contribution in [1.82, 2.24) is 0 Å². The van der Waals surface area contributed by atoms with Gasteiger partial charge in [0.15, 0.2) is 0 Å². The molecule has 140 valence electrons. The van der Waals surface area contributed by atoms with Crippen LogP contribution in [0.4, 0.5) is 0 Å². The Morgan fingerprint density at radius 2 is 1.69 bits per heavy atom. The second-order valence-electron chi connectivity index (χ2n) is 6.61. The Balaban J connectivity index is 1.85. The lowest BCUT2D eigenvalue weighted by Crippen LogP contribution is -2.53. The molecule has 6 heteroatoms. The summed E-state index contributed by atoms with van der Waals surface area (Å²) < 4.78 is 10.9. The van der Waals surface area contributed by atoms with E-state index in [1.165, 1.54) is 0 Å². The van der Waals surface area contributed by atoms with Gasteiger partial charge in [0.05, 0.1) is 13.2 Å². The number of methoxy groups -OCH3 is 1. The van der Waals surface area contributed by atoms with Crippen LogP contribution in [0.2, 0.25) is 5.02 Å². The van der Waals surface area contributed by atoms with E-state index in [-0.39, 0.29) is 0 Å². The van der Waals surface area contributed by atoms with E-state index >= 15 is 0 Å². The number of halogens is 1. The van der Waals surface area contributed by atoms with E-state index in [0.29, 0.717) is 17.0 Å². The van der Waals surface area contributed by atoms with Crippen LogP contribution in [0.25, 0.3) is 0 Å². The third-order valence-electron chi connectivity index (χ3n) is 4.80. The van der Waals surface area contributed by atoms with Crippen LogP contribution in [-0.4, -0.2) is 46.8 Å². The van der Waals surface area contributed by atoms with Gasteiger partial charge in [0.25, 0.3) is 0 Å². The van der Waals surface area contributed by atoms with E-state index in [1.54, 1.807) is 26.2 Å². The summed E-state index contributed by atoms with van der Waals surface area (Å²) in [7, 11) is 1.62. The number of ether oxygens (including phenoxy) is 2. The zero-order chi connectivity index (χ0) is 18.8. The molecule has 1 aliphatic rings. The monoisotopic (exact) mass is 378 g/mol. The fourth-order valence-electron chi connectivity index (χ4n) is 3.20. The zero-order valence-corrected chi connectivity index (χ0v) is 15.4. The smallest absolute Gasteiger partial charge is 0.118 e. The van der Waals surface area contributed by atoms with Gasteiger partial charge in [-0.15, -0.1) is 0 Å². The van der Waals surface area contributed by atoms with E-state index in [1.807, 2.05) is 30.3 Å². The molecule has 1 heterocycles. The highest BCUT2D eigenvalue weighted by Crippen LogP contribution is 2.34. The number of hydrogen-bond donors (Lipinski definition) is 3. The first-order chi connectivity index (χ1) is 12.4. The van der Waals surface area contributed by atoms with Gasteiger partial charge < -0.3 is 24.8 Å². The van der Waals surface area contributed by atoms with E-state index in [4.69, 9.17) is 21.1 Å². The zero-order valence-electron chi connectivity index (χ0n) is 14.7. The largest absolute Gasteiger partial charge is 0.497 e. The van der Waals surface area contributed by atoms with E-state index in [0.717, 1.165) is 16.9 Å². The summed E-state index contributed by atoms with van der Waals surface area (Å²) in [6.45, 7) is 1.67. The lowest BCUT2D eigenvalue weighted by atomic mass is 9.90.